The van der Waals surface area contributed by atoms with Crippen molar-refractivity contribution < 1.29 is 4.79 Å². The van der Waals surface area contributed by atoms with Gasteiger partial charge in [-0.3, -0.25) is 4.79 Å². The van der Waals surface area contributed by atoms with Crippen molar-refractivity contribution in [3.05, 3.63) is 46.9 Å². The first kappa shape index (κ1) is 23.0. The summed E-state index contributed by atoms with van der Waals surface area (Å²) in [5.41, 5.74) is 14.1. The van der Waals surface area contributed by atoms with Crippen LogP contribution in [0.2, 0.25) is 5.02 Å². The summed E-state index contributed by atoms with van der Waals surface area (Å²) in [6.45, 7) is 6.45. The molecule has 2 heterocycles. The fraction of sp³-hybridized carbons (Fsp3) is 0.417. The van der Waals surface area contributed by atoms with Crippen LogP contribution >= 0.6 is 11.6 Å². The summed E-state index contributed by atoms with van der Waals surface area (Å²) in [4.78, 5) is 26.3. The third-order valence-electron chi connectivity index (χ3n) is 6.42. The molecule has 2 aromatic heterocycles. The number of hydrogen-bond acceptors (Lipinski definition) is 7. The maximum absolute atomic E-state index is 13.4. The Kier molecular flexibility index (Phi) is 6.30. The highest BCUT2D eigenvalue weighted by Crippen LogP contribution is 2.35. The van der Waals surface area contributed by atoms with Gasteiger partial charge in [0.1, 0.15) is 12.0 Å². The molecule has 1 atom stereocenters. The molecule has 0 bridgehead atoms. The number of carbonyl (C=O) groups excluding carboxylic acids is 1. The predicted octanol–water partition coefficient (Wildman–Crippen LogP) is 4.71. The number of hydrogen-bond donors (Lipinski definition) is 4. The van der Waals surface area contributed by atoms with E-state index in [1.54, 1.807) is 6.07 Å². The van der Waals surface area contributed by atoms with Crippen molar-refractivity contribution in [3.63, 3.8) is 0 Å². The minimum absolute atomic E-state index is 0.145. The number of nitrogen functional groups attached to an aromatic ring is 2. The molecule has 3 aromatic rings. The number of nitrogens with one attached hydrogen (secondary N) is 2. The Morgan fingerprint density at radius 2 is 1.94 bits per heavy atom. The zero-order chi connectivity index (χ0) is 23.8. The molecule has 6 N–H and O–H groups in total. The second-order valence-corrected chi connectivity index (χ2v) is 9.94. The summed E-state index contributed by atoms with van der Waals surface area (Å²) < 4.78 is 0. The SMILES string of the molecule is C[C@H](Nc1ncnc(N)c1N)c1nc2c(Cl)cccc2cc1C(=O)NC1CCC(C)(C)CC1. The van der Waals surface area contributed by atoms with Crippen molar-refractivity contribution in [2.75, 3.05) is 16.8 Å². The average Bonchev–Trinajstić information content (AvgIpc) is 2.78. The summed E-state index contributed by atoms with van der Waals surface area (Å²) in [7, 11) is 0. The summed E-state index contributed by atoms with van der Waals surface area (Å²) in [6, 6.07) is 7.14. The van der Waals surface area contributed by atoms with Gasteiger partial charge in [-0.15, -0.1) is 0 Å². The first-order chi connectivity index (χ1) is 15.6. The van der Waals surface area contributed by atoms with Gasteiger partial charge in [0.15, 0.2) is 11.6 Å². The average molecular weight is 468 g/mol. The molecule has 0 aliphatic heterocycles. The molecule has 1 saturated carbocycles. The third kappa shape index (κ3) is 4.95. The molecule has 8 nitrogen and oxygen atoms in total. The maximum Gasteiger partial charge on any atom is 0.253 e. The molecule has 1 amide bonds. The highest BCUT2D eigenvalue weighted by atomic mass is 35.5. The van der Waals surface area contributed by atoms with E-state index in [-0.39, 0.29) is 23.5 Å². The van der Waals surface area contributed by atoms with E-state index < -0.39 is 6.04 Å². The number of halogens is 1. The van der Waals surface area contributed by atoms with Gasteiger partial charge in [-0.1, -0.05) is 37.6 Å². The lowest BCUT2D eigenvalue weighted by atomic mass is 9.75. The lowest BCUT2D eigenvalue weighted by molar-refractivity contribution is 0.0907. The molecule has 174 valence electrons. The fourth-order valence-electron chi connectivity index (χ4n) is 4.29. The van der Waals surface area contributed by atoms with Crippen molar-refractivity contribution in [2.45, 2.75) is 58.5 Å². The first-order valence-corrected chi connectivity index (χ1v) is 11.5. The molecule has 9 heteroatoms. The number of nitrogens with two attached hydrogens (primary N) is 2. The van der Waals surface area contributed by atoms with Crippen LogP contribution in [0.3, 0.4) is 0 Å². The minimum Gasteiger partial charge on any atom is -0.393 e. The van der Waals surface area contributed by atoms with Crippen molar-refractivity contribution in [1.82, 2.24) is 20.3 Å². The van der Waals surface area contributed by atoms with Gasteiger partial charge in [0.2, 0.25) is 0 Å². The van der Waals surface area contributed by atoms with Crippen LogP contribution in [-0.4, -0.2) is 26.9 Å². The molecule has 0 spiro atoms. The van der Waals surface area contributed by atoms with Gasteiger partial charge in [0.05, 0.1) is 27.8 Å². The quantitative estimate of drug-likeness (QED) is 0.427. The Balaban J connectivity index is 1.68. The second-order valence-electron chi connectivity index (χ2n) is 9.53. The van der Waals surface area contributed by atoms with Gasteiger partial charge in [0.25, 0.3) is 5.91 Å². The minimum atomic E-state index is -0.395. The number of carbonyl (C=O) groups is 1. The normalized spacial score (nSPS) is 17.0. The summed E-state index contributed by atoms with van der Waals surface area (Å²) in [6.07, 6.45) is 5.44. The summed E-state index contributed by atoms with van der Waals surface area (Å²) >= 11 is 6.41. The molecule has 0 radical (unpaired) electrons. The van der Waals surface area contributed by atoms with Gasteiger partial charge in [0, 0.05) is 11.4 Å². The Hall–Kier alpha value is -3.13. The van der Waals surface area contributed by atoms with Crippen LogP contribution in [0.5, 0.6) is 0 Å². The molecule has 1 aromatic carbocycles. The molecule has 0 saturated heterocycles. The van der Waals surface area contributed by atoms with Crippen molar-refractivity contribution >= 4 is 45.7 Å². The Bertz CT molecular complexity index is 1190. The van der Waals surface area contributed by atoms with E-state index >= 15 is 0 Å². The van der Waals surface area contributed by atoms with Gasteiger partial charge < -0.3 is 22.1 Å². The second kappa shape index (κ2) is 9.02. The van der Waals surface area contributed by atoms with Crippen LogP contribution < -0.4 is 22.1 Å². The number of amides is 1. The van der Waals surface area contributed by atoms with Crippen LogP contribution in [-0.2, 0) is 0 Å². The molecule has 4 rings (SSSR count). The Morgan fingerprint density at radius 3 is 2.67 bits per heavy atom. The van der Waals surface area contributed by atoms with Crippen LogP contribution in [0.4, 0.5) is 17.3 Å². The van der Waals surface area contributed by atoms with Crippen molar-refractivity contribution in [3.8, 4) is 0 Å². The van der Waals surface area contributed by atoms with Crippen LogP contribution in [0.15, 0.2) is 30.6 Å². The molecular formula is C24H30ClN7O. The number of para-hydroxylation sites is 1. The number of fused-ring (bicyclic) bond motifs is 1. The van der Waals surface area contributed by atoms with Gasteiger partial charge in [-0.25, -0.2) is 15.0 Å². The molecule has 1 aliphatic rings. The smallest absolute Gasteiger partial charge is 0.253 e. The number of anilines is 3. The monoisotopic (exact) mass is 467 g/mol. The number of pyridine rings is 1. The van der Waals surface area contributed by atoms with E-state index in [2.05, 4.69) is 34.4 Å². The van der Waals surface area contributed by atoms with E-state index in [0.717, 1.165) is 31.1 Å². The van der Waals surface area contributed by atoms with Crippen molar-refractivity contribution in [1.29, 1.82) is 0 Å². The number of rotatable bonds is 5. The van der Waals surface area contributed by atoms with Crippen LogP contribution in [0.25, 0.3) is 10.9 Å². The van der Waals surface area contributed by atoms with Gasteiger partial charge in [-0.2, -0.15) is 0 Å². The highest BCUT2D eigenvalue weighted by molar-refractivity contribution is 6.35. The molecule has 1 fully saturated rings. The number of benzene rings is 1. The predicted molar refractivity (Wildman–Crippen MR) is 133 cm³/mol. The van der Waals surface area contributed by atoms with Gasteiger partial charge in [-0.05, 0) is 50.2 Å². The maximum atomic E-state index is 13.4. The molecule has 0 unspecified atom stereocenters. The lowest BCUT2D eigenvalue weighted by Crippen LogP contribution is -2.39. The van der Waals surface area contributed by atoms with Crippen LogP contribution in [0, 0.1) is 5.41 Å². The van der Waals surface area contributed by atoms with Crippen molar-refractivity contribution in [2.24, 2.45) is 5.41 Å². The van der Waals surface area contributed by atoms with E-state index in [0.29, 0.717) is 33.0 Å². The van der Waals surface area contributed by atoms with E-state index in [1.807, 2.05) is 25.1 Å². The zero-order valence-corrected chi connectivity index (χ0v) is 19.9. The van der Waals surface area contributed by atoms with E-state index in [9.17, 15) is 4.79 Å². The van der Waals surface area contributed by atoms with E-state index in [1.165, 1.54) is 6.33 Å². The number of aromatic nitrogens is 3. The zero-order valence-electron chi connectivity index (χ0n) is 19.2. The van der Waals surface area contributed by atoms with Crippen LogP contribution in [0.1, 0.15) is 68.5 Å². The Morgan fingerprint density at radius 1 is 1.21 bits per heavy atom. The first-order valence-electron chi connectivity index (χ1n) is 11.2. The van der Waals surface area contributed by atoms with Gasteiger partial charge >= 0.3 is 0 Å². The molecule has 33 heavy (non-hydrogen) atoms. The summed E-state index contributed by atoms with van der Waals surface area (Å²) in [5.74, 6) is 0.428. The number of nitrogens with zero attached hydrogens (tertiary/aromatic N) is 3. The highest BCUT2D eigenvalue weighted by Gasteiger charge is 2.29. The fourth-order valence-corrected chi connectivity index (χ4v) is 4.52. The van der Waals surface area contributed by atoms with E-state index in [4.69, 9.17) is 28.1 Å². The largest absolute Gasteiger partial charge is 0.393 e. The topological polar surface area (TPSA) is 132 Å². The summed E-state index contributed by atoms with van der Waals surface area (Å²) in [5, 5.41) is 7.77. The standard InChI is InChI=1S/C24H30ClN7O/c1-13(30-22-18(26)21(27)28-12-29-22)19-16(11-14-5-4-6-17(25)20(14)32-19)23(33)31-15-7-9-24(2,3)10-8-15/h4-6,11-13,15H,7-10,26H2,1-3H3,(H,31,33)(H3,27,28,29,30)/t13-/m0/s1. The third-order valence-corrected chi connectivity index (χ3v) is 6.73. The Labute approximate surface area is 198 Å². The molecular weight excluding hydrogens is 438 g/mol. The molecule has 1 aliphatic carbocycles. The lowest BCUT2D eigenvalue weighted by Gasteiger charge is -2.34.